The van der Waals surface area contributed by atoms with Crippen LogP contribution in [0.15, 0.2) is 195 Å². The van der Waals surface area contributed by atoms with Crippen LogP contribution >= 0.6 is 0 Å². The van der Waals surface area contributed by atoms with E-state index in [9.17, 15) is 9.90 Å². The Labute approximate surface area is 360 Å². The summed E-state index contributed by atoms with van der Waals surface area (Å²) in [5, 5.41) is 15.7. The SMILES string of the molecule is CC(C)C(=O)Nc1ncc2ncn([C@@H]3O[C@H](COC(c4ccccc4)(c4ccccc4)c4ccccc4)[C@@H](O)[C@H]3OC(c3ccccc3)(c3ccccc3)c3ccccc3)c2n1. The largest absolute Gasteiger partial charge is 0.387 e. The van der Waals surface area contributed by atoms with E-state index in [-0.39, 0.29) is 24.4 Å². The number of hydrogen-bond acceptors (Lipinski definition) is 8. The first kappa shape index (κ1) is 40.6. The van der Waals surface area contributed by atoms with Gasteiger partial charge in [0.05, 0.1) is 19.1 Å². The van der Waals surface area contributed by atoms with Crippen molar-refractivity contribution in [3.05, 3.63) is 228 Å². The van der Waals surface area contributed by atoms with E-state index in [1.807, 2.05) is 146 Å². The van der Waals surface area contributed by atoms with Crippen LogP contribution in [0.1, 0.15) is 53.5 Å². The average molecular weight is 822 g/mol. The summed E-state index contributed by atoms with van der Waals surface area (Å²) in [6.45, 7) is 3.57. The lowest BCUT2D eigenvalue weighted by Crippen LogP contribution is -2.45. The van der Waals surface area contributed by atoms with Crippen molar-refractivity contribution >= 4 is 23.0 Å². The predicted molar refractivity (Wildman–Crippen MR) is 238 cm³/mol. The van der Waals surface area contributed by atoms with E-state index in [2.05, 4.69) is 51.7 Å². The summed E-state index contributed by atoms with van der Waals surface area (Å²) in [5.41, 5.74) is 3.88. The van der Waals surface area contributed by atoms with E-state index in [4.69, 9.17) is 19.2 Å². The molecule has 1 saturated heterocycles. The van der Waals surface area contributed by atoms with Crippen molar-refractivity contribution in [3.63, 3.8) is 0 Å². The molecule has 10 nitrogen and oxygen atoms in total. The molecule has 0 bridgehead atoms. The molecule has 0 radical (unpaired) electrons. The van der Waals surface area contributed by atoms with E-state index >= 15 is 0 Å². The highest BCUT2D eigenvalue weighted by Crippen LogP contribution is 2.47. The Morgan fingerprint density at radius 2 is 1.08 bits per heavy atom. The topological polar surface area (TPSA) is 121 Å². The first-order valence-corrected chi connectivity index (χ1v) is 20.9. The molecule has 9 rings (SSSR count). The Hall–Kier alpha value is -6.82. The van der Waals surface area contributed by atoms with Crippen LogP contribution in [0.2, 0.25) is 0 Å². The van der Waals surface area contributed by atoms with Crippen molar-refractivity contribution in [2.24, 2.45) is 5.92 Å². The second kappa shape index (κ2) is 17.6. The first-order valence-electron chi connectivity index (χ1n) is 20.9. The van der Waals surface area contributed by atoms with Crippen LogP contribution in [0.25, 0.3) is 11.2 Å². The molecule has 1 amide bonds. The van der Waals surface area contributed by atoms with Crippen LogP contribution < -0.4 is 5.32 Å². The zero-order valence-electron chi connectivity index (χ0n) is 34.4. The van der Waals surface area contributed by atoms with Gasteiger partial charge in [0.1, 0.15) is 35.0 Å². The standard InChI is InChI=1S/C52H47N5O5/c1-36(2)48(59)56-50-53-33-43-47(55-50)57(35-54-43)49-46(62-52(40-27-15-6-16-28-40,41-29-17-7-18-30-41)42-31-19-8-20-32-42)45(58)44(61-49)34-60-51(37-21-9-3-10-22-37,38-23-11-4-12-24-38)39-25-13-5-14-26-39/h3-33,35-36,44-46,49,58H,34H2,1-2H3,(H,53,55,56,59)/t44-,45-,46-,49-/m1/s1. The maximum absolute atomic E-state index is 12.9. The van der Waals surface area contributed by atoms with Gasteiger partial charge < -0.3 is 19.3 Å². The predicted octanol–water partition coefficient (Wildman–Crippen LogP) is 9.07. The Morgan fingerprint density at radius 3 is 1.50 bits per heavy atom. The van der Waals surface area contributed by atoms with Crippen molar-refractivity contribution in [3.8, 4) is 0 Å². The van der Waals surface area contributed by atoms with Gasteiger partial charge in [0.2, 0.25) is 11.9 Å². The number of ether oxygens (including phenoxy) is 3. The molecule has 2 N–H and O–H groups in total. The van der Waals surface area contributed by atoms with Crippen LogP contribution in [0.4, 0.5) is 5.95 Å². The highest BCUT2D eigenvalue weighted by molar-refractivity contribution is 5.91. The third-order valence-corrected chi connectivity index (χ3v) is 11.5. The number of aliphatic hydroxyl groups excluding tert-OH is 1. The number of fused-ring (bicyclic) bond motifs is 1. The molecule has 0 aliphatic carbocycles. The summed E-state index contributed by atoms with van der Waals surface area (Å²) in [6.07, 6.45) is -1.00. The number of nitrogens with zero attached hydrogens (tertiary/aromatic N) is 4. The van der Waals surface area contributed by atoms with Gasteiger partial charge in [-0.2, -0.15) is 4.98 Å². The molecule has 310 valence electrons. The number of carbonyl (C=O) groups excluding carboxylic acids is 1. The average Bonchev–Trinajstić information content (AvgIpc) is 3.89. The van der Waals surface area contributed by atoms with Crippen LogP contribution in [0.3, 0.4) is 0 Å². The Morgan fingerprint density at radius 1 is 0.661 bits per heavy atom. The number of nitrogens with one attached hydrogen (secondary N) is 1. The molecule has 4 atom stereocenters. The number of rotatable bonds is 14. The molecule has 62 heavy (non-hydrogen) atoms. The van der Waals surface area contributed by atoms with Crippen molar-refractivity contribution in [2.45, 2.75) is 49.6 Å². The second-order valence-corrected chi connectivity index (χ2v) is 15.7. The minimum Gasteiger partial charge on any atom is -0.387 e. The molecule has 8 aromatic rings. The summed E-state index contributed by atoms with van der Waals surface area (Å²) >= 11 is 0. The fourth-order valence-electron chi connectivity index (χ4n) is 8.44. The van der Waals surface area contributed by atoms with Crippen LogP contribution in [0.5, 0.6) is 0 Å². The van der Waals surface area contributed by atoms with Gasteiger partial charge in [-0.1, -0.05) is 196 Å². The molecule has 0 saturated carbocycles. The summed E-state index contributed by atoms with van der Waals surface area (Å²) < 4.78 is 23.7. The van der Waals surface area contributed by atoms with E-state index < -0.39 is 35.7 Å². The number of benzene rings is 6. The van der Waals surface area contributed by atoms with Gasteiger partial charge >= 0.3 is 0 Å². The molecular weight excluding hydrogens is 775 g/mol. The van der Waals surface area contributed by atoms with Gasteiger partial charge in [-0.25, -0.2) is 9.97 Å². The lowest BCUT2D eigenvalue weighted by atomic mass is 9.79. The molecule has 6 aromatic carbocycles. The highest BCUT2D eigenvalue weighted by atomic mass is 16.6. The Balaban J connectivity index is 1.19. The molecule has 2 aromatic heterocycles. The van der Waals surface area contributed by atoms with E-state index in [0.717, 1.165) is 33.4 Å². The molecular formula is C52H47N5O5. The monoisotopic (exact) mass is 821 g/mol. The second-order valence-electron chi connectivity index (χ2n) is 15.7. The number of imidazole rings is 1. The summed E-state index contributed by atoms with van der Waals surface area (Å²) in [5.74, 6) is -0.388. The van der Waals surface area contributed by atoms with Crippen molar-refractivity contribution in [2.75, 3.05) is 11.9 Å². The minimum atomic E-state index is -1.24. The normalized spacial score (nSPS) is 17.9. The quantitative estimate of drug-likeness (QED) is 0.104. The number of carbonyl (C=O) groups is 1. The fraction of sp³-hybridized carbons (Fsp3) is 0.192. The number of anilines is 1. The summed E-state index contributed by atoms with van der Waals surface area (Å²) in [6, 6.07) is 60.3. The van der Waals surface area contributed by atoms with Gasteiger partial charge in [-0.15, -0.1) is 0 Å². The molecule has 1 aliphatic heterocycles. The molecule has 10 heteroatoms. The summed E-state index contributed by atoms with van der Waals surface area (Å²) in [4.78, 5) is 26.6. The first-order chi connectivity index (χ1) is 30.4. The third-order valence-electron chi connectivity index (χ3n) is 11.5. The summed E-state index contributed by atoms with van der Waals surface area (Å²) in [7, 11) is 0. The number of amides is 1. The molecule has 0 spiro atoms. The maximum Gasteiger partial charge on any atom is 0.231 e. The van der Waals surface area contributed by atoms with Crippen LogP contribution in [-0.2, 0) is 30.2 Å². The molecule has 0 unspecified atom stereocenters. The molecule has 1 aliphatic rings. The van der Waals surface area contributed by atoms with Gasteiger partial charge in [0.25, 0.3) is 0 Å². The smallest absolute Gasteiger partial charge is 0.231 e. The lowest BCUT2D eigenvalue weighted by molar-refractivity contribution is -0.122. The van der Waals surface area contributed by atoms with Crippen molar-refractivity contribution in [1.82, 2.24) is 19.5 Å². The van der Waals surface area contributed by atoms with Gasteiger partial charge in [-0.3, -0.25) is 14.7 Å². The Bertz CT molecular complexity index is 2510. The van der Waals surface area contributed by atoms with Crippen molar-refractivity contribution in [1.29, 1.82) is 0 Å². The number of aliphatic hydroxyl groups is 1. The third kappa shape index (κ3) is 7.58. The minimum absolute atomic E-state index is 0.0392. The van der Waals surface area contributed by atoms with Crippen LogP contribution in [-0.4, -0.2) is 55.5 Å². The fourth-order valence-corrected chi connectivity index (χ4v) is 8.44. The van der Waals surface area contributed by atoms with Gasteiger partial charge in [-0.05, 0) is 33.4 Å². The van der Waals surface area contributed by atoms with Crippen molar-refractivity contribution < 1.29 is 24.1 Å². The van der Waals surface area contributed by atoms with E-state index in [1.165, 1.54) is 0 Å². The number of aromatic nitrogens is 4. The lowest BCUT2D eigenvalue weighted by Gasteiger charge is -2.40. The van der Waals surface area contributed by atoms with Crippen LogP contribution in [0, 0.1) is 5.92 Å². The zero-order chi connectivity index (χ0) is 42.5. The maximum atomic E-state index is 12.9. The zero-order valence-corrected chi connectivity index (χ0v) is 34.4. The van der Waals surface area contributed by atoms with E-state index in [1.54, 1.807) is 30.9 Å². The van der Waals surface area contributed by atoms with Gasteiger partial charge in [0, 0.05) is 5.92 Å². The molecule has 1 fully saturated rings. The molecule has 3 heterocycles. The number of hydrogen-bond donors (Lipinski definition) is 2. The van der Waals surface area contributed by atoms with Gasteiger partial charge in [0.15, 0.2) is 11.9 Å². The Kier molecular flexibility index (Phi) is 11.6. The van der Waals surface area contributed by atoms with E-state index in [0.29, 0.717) is 11.2 Å². The highest BCUT2D eigenvalue weighted by Gasteiger charge is 2.52.